The molecule has 4 aromatic rings. The fourth-order valence-corrected chi connectivity index (χ4v) is 6.30. The zero-order valence-corrected chi connectivity index (χ0v) is 23.3. The zero-order valence-electron chi connectivity index (χ0n) is 22.5. The molecule has 40 heavy (non-hydrogen) atoms. The third-order valence-corrected chi connectivity index (χ3v) is 8.51. The number of hydrogen-bond acceptors (Lipinski definition) is 2. The summed E-state index contributed by atoms with van der Waals surface area (Å²) in [7, 11) is 0. The van der Waals surface area contributed by atoms with Crippen LogP contribution in [0.25, 0.3) is 22.3 Å². The van der Waals surface area contributed by atoms with Crippen molar-refractivity contribution >= 4 is 23.2 Å². The second-order valence-corrected chi connectivity index (χ2v) is 11.3. The number of carbonyl (C=O) groups is 1. The van der Waals surface area contributed by atoms with Crippen LogP contribution in [0.2, 0.25) is 5.02 Å². The number of nitrogens with zero attached hydrogens (tertiary/aromatic N) is 1. The molecule has 1 aliphatic carbocycles. The van der Waals surface area contributed by atoms with Crippen LogP contribution in [0.4, 0.5) is 10.1 Å². The lowest BCUT2D eigenvalue weighted by molar-refractivity contribution is -0.117. The largest absolute Gasteiger partial charge is 0.489 e. The molecular formula is C35H33ClFNO2. The molecule has 2 fully saturated rings. The van der Waals surface area contributed by atoms with Crippen molar-refractivity contribution in [2.24, 2.45) is 0 Å². The van der Waals surface area contributed by atoms with Gasteiger partial charge >= 0.3 is 0 Å². The molecule has 0 aromatic heterocycles. The van der Waals surface area contributed by atoms with Gasteiger partial charge < -0.3 is 9.64 Å². The van der Waals surface area contributed by atoms with Crippen molar-refractivity contribution in [3.63, 3.8) is 0 Å². The number of rotatable bonds is 7. The molecule has 3 nitrogen and oxygen atoms in total. The summed E-state index contributed by atoms with van der Waals surface area (Å²) in [4.78, 5) is 14.2. The lowest BCUT2D eigenvalue weighted by Crippen LogP contribution is -2.23. The summed E-state index contributed by atoms with van der Waals surface area (Å²) in [6, 6.07) is 27.1. The quantitative estimate of drug-likeness (QED) is 0.228. The highest BCUT2D eigenvalue weighted by Gasteiger charge is 2.23. The molecule has 0 N–H and O–H groups in total. The molecule has 2 aliphatic rings. The molecule has 0 bridgehead atoms. The minimum atomic E-state index is -0.282. The van der Waals surface area contributed by atoms with Crippen molar-refractivity contribution in [3.05, 3.63) is 107 Å². The van der Waals surface area contributed by atoms with E-state index < -0.39 is 0 Å². The van der Waals surface area contributed by atoms with Gasteiger partial charge in [0.15, 0.2) is 0 Å². The summed E-state index contributed by atoms with van der Waals surface area (Å²) >= 11 is 6.13. The highest BCUT2D eigenvalue weighted by atomic mass is 35.5. The highest BCUT2D eigenvalue weighted by Crippen LogP contribution is 2.39. The predicted octanol–water partition coefficient (Wildman–Crippen LogP) is 9.57. The summed E-state index contributed by atoms with van der Waals surface area (Å²) in [5.41, 5.74) is 6.62. The molecule has 5 heteroatoms. The van der Waals surface area contributed by atoms with Crippen LogP contribution in [0.3, 0.4) is 0 Å². The average Bonchev–Trinajstić information content (AvgIpc) is 3.43. The third-order valence-electron chi connectivity index (χ3n) is 8.26. The van der Waals surface area contributed by atoms with E-state index in [1.807, 2.05) is 71.6 Å². The Labute approximate surface area is 240 Å². The fraction of sp³-hybridized carbons (Fsp3) is 0.286. The Hall–Kier alpha value is -3.63. The number of benzene rings is 4. The van der Waals surface area contributed by atoms with Crippen LogP contribution < -0.4 is 9.64 Å². The lowest BCUT2D eigenvalue weighted by atomic mass is 9.81. The number of anilines is 1. The van der Waals surface area contributed by atoms with Gasteiger partial charge in [-0.05, 0) is 89.4 Å². The van der Waals surface area contributed by atoms with Crippen LogP contribution in [-0.2, 0) is 11.4 Å². The molecule has 6 rings (SSSR count). The standard InChI is InChI=1S/C35H33ClFNO2/c36-27-14-12-25(13-15-27)30-18-16-28(38-20-6-11-35(38)39)21-26(30)23-40-29-17-19-33(34(37)22-29)32-10-5-4-9-31(32)24-7-2-1-3-8-24/h4-5,9-10,12-19,21-22,24H,1-3,6-8,11,20,23H2. The molecule has 204 valence electrons. The van der Waals surface area contributed by atoms with Crippen molar-refractivity contribution < 1.29 is 13.9 Å². The summed E-state index contributed by atoms with van der Waals surface area (Å²) in [5.74, 6) is 0.815. The van der Waals surface area contributed by atoms with Gasteiger partial charge in [0.1, 0.15) is 18.2 Å². The zero-order chi connectivity index (χ0) is 27.5. The van der Waals surface area contributed by atoms with Crippen LogP contribution in [0.5, 0.6) is 5.75 Å². The Morgan fingerprint density at radius 3 is 2.35 bits per heavy atom. The van der Waals surface area contributed by atoms with Crippen molar-refractivity contribution in [2.75, 3.05) is 11.4 Å². The molecular weight excluding hydrogens is 521 g/mol. The second kappa shape index (κ2) is 11.9. The van der Waals surface area contributed by atoms with Gasteiger partial charge in [-0.3, -0.25) is 4.79 Å². The van der Waals surface area contributed by atoms with E-state index in [1.165, 1.54) is 30.9 Å². The van der Waals surface area contributed by atoms with Crippen molar-refractivity contribution in [2.45, 2.75) is 57.5 Å². The van der Waals surface area contributed by atoms with Crippen LogP contribution in [0.1, 0.15) is 62.0 Å². The Bertz CT molecular complexity index is 1510. The topological polar surface area (TPSA) is 29.5 Å². The SMILES string of the molecule is O=C1CCCN1c1ccc(-c2ccc(Cl)cc2)c(COc2ccc(-c3ccccc3C3CCCCC3)c(F)c2)c1. The Morgan fingerprint density at radius 1 is 0.825 bits per heavy atom. The van der Waals surface area contributed by atoms with Crippen LogP contribution in [0.15, 0.2) is 84.9 Å². The number of halogens is 2. The van der Waals surface area contributed by atoms with Gasteiger partial charge in [0.25, 0.3) is 0 Å². The molecule has 1 heterocycles. The Kier molecular flexibility index (Phi) is 7.88. The molecule has 4 aromatic carbocycles. The van der Waals surface area contributed by atoms with Crippen LogP contribution >= 0.6 is 11.6 Å². The number of carbonyl (C=O) groups excluding carboxylic acids is 1. The van der Waals surface area contributed by atoms with E-state index in [9.17, 15) is 4.79 Å². The second-order valence-electron chi connectivity index (χ2n) is 10.8. The monoisotopic (exact) mass is 553 g/mol. The first-order chi connectivity index (χ1) is 19.6. The number of hydrogen-bond donors (Lipinski definition) is 0. The first-order valence-electron chi connectivity index (χ1n) is 14.3. The first kappa shape index (κ1) is 26.6. The van der Waals surface area contributed by atoms with E-state index in [2.05, 4.69) is 12.1 Å². The van der Waals surface area contributed by atoms with Gasteiger partial charge in [0.2, 0.25) is 5.91 Å². The van der Waals surface area contributed by atoms with Gasteiger partial charge in [0.05, 0.1) is 0 Å². The predicted molar refractivity (Wildman–Crippen MR) is 160 cm³/mol. The highest BCUT2D eigenvalue weighted by molar-refractivity contribution is 6.30. The molecule has 1 saturated carbocycles. The van der Waals surface area contributed by atoms with Crippen molar-refractivity contribution in [1.29, 1.82) is 0 Å². The minimum Gasteiger partial charge on any atom is -0.489 e. The maximum absolute atomic E-state index is 15.6. The van der Waals surface area contributed by atoms with E-state index in [4.69, 9.17) is 16.3 Å². The maximum Gasteiger partial charge on any atom is 0.227 e. The summed E-state index contributed by atoms with van der Waals surface area (Å²) in [5, 5.41) is 0.668. The van der Waals surface area contributed by atoms with Gasteiger partial charge in [-0.15, -0.1) is 0 Å². The van der Waals surface area contributed by atoms with Crippen molar-refractivity contribution in [3.8, 4) is 28.0 Å². The number of ether oxygens (including phenoxy) is 1. The average molecular weight is 554 g/mol. The lowest BCUT2D eigenvalue weighted by Gasteiger charge is -2.24. The maximum atomic E-state index is 15.6. The van der Waals surface area contributed by atoms with Gasteiger partial charge in [-0.1, -0.05) is 73.3 Å². The summed E-state index contributed by atoms with van der Waals surface area (Å²) in [6.45, 7) is 0.958. The summed E-state index contributed by atoms with van der Waals surface area (Å²) < 4.78 is 21.7. The molecule has 0 spiro atoms. The van der Waals surface area contributed by atoms with E-state index in [-0.39, 0.29) is 18.3 Å². The molecule has 1 saturated heterocycles. The smallest absolute Gasteiger partial charge is 0.227 e. The van der Waals surface area contributed by atoms with Crippen molar-refractivity contribution in [1.82, 2.24) is 0 Å². The molecule has 0 unspecified atom stereocenters. The fourth-order valence-electron chi connectivity index (χ4n) is 6.18. The van der Waals surface area contributed by atoms with Crippen LogP contribution in [0, 0.1) is 5.82 Å². The van der Waals surface area contributed by atoms with E-state index >= 15 is 4.39 Å². The van der Waals surface area contributed by atoms with E-state index in [0.717, 1.165) is 47.2 Å². The molecule has 0 radical (unpaired) electrons. The van der Waals surface area contributed by atoms with Gasteiger partial charge in [0, 0.05) is 35.3 Å². The first-order valence-corrected chi connectivity index (χ1v) is 14.7. The van der Waals surface area contributed by atoms with Crippen LogP contribution in [-0.4, -0.2) is 12.5 Å². The molecule has 1 aliphatic heterocycles. The normalized spacial score (nSPS) is 15.9. The van der Waals surface area contributed by atoms with E-state index in [0.29, 0.717) is 35.2 Å². The Morgan fingerprint density at radius 2 is 1.60 bits per heavy atom. The minimum absolute atomic E-state index is 0.136. The third kappa shape index (κ3) is 5.64. The Balaban J connectivity index is 1.27. The summed E-state index contributed by atoms with van der Waals surface area (Å²) in [6.07, 6.45) is 7.52. The molecule has 1 amide bonds. The van der Waals surface area contributed by atoms with Gasteiger partial charge in [-0.25, -0.2) is 4.39 Å². The van der Waals surface area contributed by atoms with Gasteiger partial charge in [-0.2, -0.15) is 0 Å². The molecule has 0 atom stereocenters. The number of amides is 1. The van der Waals surface area contributed by atoms with E-state index in [1.54, 1.807) is 0 Å².